The first-order valence-corrected chi connectivity index (χ1v) is 11.2. The Hall–Kier alpha value is -4.12. The Morgan fingerprint density at radius 2 is 1.79 bits per heavy atom. The van der Waals surface area contributed by atoms with Crippen molar-refractivity contribution in [3.8, 4) is 16.4 Å². The lowest BCUT2D eigenvalue weighted by Gasteiger charge is -2.34. The molecule has 0 N–H and O–H groups in total. The molecule has 0 radical (unpaired) electrons. The van der Waals surface area contributed by atoms with E-state index in [1.165, 1.54) is 12.3 Å². The Morgan fingerprint density at radius 3 is 2.42 bits per heavy atom. The van der Waals surface area contributed by atoms with Crippen molar-refractivity contribution in [2.75, 3.05) is 31.1 Å². The molecule has 0 unspecified atom stereocenters. The molecule has 10 nitrogen and oxygen atoms in total. The summed E-state index contributed by atoms with van der Waals surface area (Å²) < 4.78 is 1.70. The molecule has 1 fully saturated rings. The summed E-state index contributed by atoms with van der Waals surface area (Å²) >= 11 is 1.54. The lowest BCUT2D eigenvalue weighted by atomic mass is 10.3. The minimum absolute atomic E-state index is 0.0471. The van der Waals surface area contributed by atoms with Crippen LogP contribution in [0.25, 0.3) is 16.4 Å². The van der Waals surface area contributed by atoms with E-state index in [-0.39, 0.29) is 17.4 Å². The van der Waals surface area contributed by atoms with Crippen molar-refractivity contribution >= 4 is 28.7 Å². The highest BCUT2D eigenvalue weighted by Gasteiger charge is 2.27. The van der Waals surface area contributed by atoms with Crippen molar-refractivity contribution < 1.29 is 9.72 Å². The van der Waals surface area contributed by atoms with Crippen LogP contribution in [0.1, 0.15) is 10.6 Å². The molecule has 0 saturated carbocycles. The molecule has 1 aliphatic heterocycles. The van der Waals surface area contributed by atoms with Crippen LogP contribution in [0.4, 0.5) is 11.5 Å². The van der Waals surface area contributed by atoms with Gasteiger partial charge in [0.15, 0.2) is 5.82 Å². The van der Waals surface area contributed by atoms with Crippen molar-refractivity contribution in [3.63, 3.8) is 0 Å². The summed E-state index contributed by atoms with van der Waals surface area (Å²) in [6, 6.07) is 16.6. The minimum Gasteiger partial charge on any atom is -0.353 e. The van der Waals surface area contributed by atoms with Crippen LogP contribution >= 0.6 is 11.3 Å². The zero-order chi connectivity index (χ0) is 22.8. The standard InChI is InChI=1S/C22H19N7O3S/c30-22(27-12-10-26(11-13-27)19-9-8-17(15-23-19)29(31)32)20-24-21(18-7-4-14-33-18)28(25-20)16-5-2-1-3-6-16/h1-9,14-15H,10-13H2. The number of benzene rings is 1. The summed E-state index contributed by atoms with van der Waals surface area (Å²) in [6.07, 6.45) is 1.25. The maximum Gasteiger partial charge on any atom is 0.293 e. The SMILES string of the molecule is O=C(c1nc(-c2cccs2)n(-c2ccccc2)n1)N1CCN(c2ccc([N+](=O)[O-])cn2)CC1. The van der Waals surface area contributed by atoms with Gasteiger partial charge in [0.1, 0.15) is 12.0 Å². The van der Waals surface area contributed by atoms with Crippen LogP contribution < -0.4 is 4.90 Å². The molecule has 1 aliphatic rings. The smallest absolute Gasteiger partial charge is 0.293 e. The molecule has 1 amide bonds. The van der Waals surface area contributed by atoms with Crippen molar-refractivity contribution in [2.45, 2.75) is 0 Å². The predicted octanol–water partition coefficient (Wildman–Crippen LogP) is 3.26. The highest BCUT2D eigenvalue weighted by atomic mass is 32.1. The number of pyridine rings is 1. The zero-order valence-corrected chi connectivity index (χ0v) is 18.3. The van der Waals surface area contributed by atoms with Gasteiger partial charge in [-0.15, -0.1) is 16.4 Å². The Morgan fingerprint density at radius 1 is 1.00 bits per heavy atom. The molecule has 11 heteroatoms. The molecular weight excluding hydrogens is 442 g/mol. The molecule has 0 aliphatic carbocycles. The first-order chi connectivity index (χ1) is 16.1. The van der Waals surface area contributed by atoms with E-state index in [2.05, 4.69) is 15.1 Å². The number of para-hydroxylation sites is 1. The fraction of sp³-hybridized carbons (Fsp3) is 0.182. The number of rotatable bonds is 5. The maximum atomic E-state index is 13.2. The second kappa shape index (κ2) is 8.79. The van der Waals surface area contributed by atoms with Crippen molar-refractivity contribution in [2.24, 2.45) is 0 Å². The number of hydrogen-bond acceptors (Lipinski definition) is 8. The fourth-order valence-electron chi connectivity index (χ4n) is 3.67. The van der Waals surface area contributed by atoms with Crippen LogP contribution in [0.5, 0.6) is 0 Å². The molecule has 0 atom stereocenters. The Balaban J connectivity index is 1.34. The Labute approximate surface area is 192 Å². The summed E-state index contributed by atoms with van der Waals surface area (Å²) in [7, 11) is 0. The fourth-order valence-corrected chi connectivity index (χ4v) is 4.37. The number of anilines is 1. The first kappa shape index (κ1) is 20.8. The average Bonchev–Trinajstić information content (AvgIpc) is 3.55. The monoisotopic (exact) mass is 461 g/mol. The van der Waals surface area contributed by atoms with Gasteiger partial charge in [0, 0.05) is 32.2 Å². The van der Waals surface area contributed by atoms with E-state index in [9.17, 15) is 14.9 Å². The predicted molar refractivity (Wildman–Crippen MR) is 124 cm³/mol. The quantitative estimate of drug-likeness (QED) is 0.331. The molecule has 4 heterocycles. The van der Waals surface area contributed by atoms with Crippen LogP contribution in [0.2, 0.25) is 0 Å². The van der Waals surface area contributed by atoms with Crippen LogP contribution in [0, 0.1) is 10.1 Å². The molecule has 0 bridgehead atoms. The molecular formula is C22H19N7O3S. The molecule has 5 rings (SSSR count). The third-order valence-corrected chi connectivity index (χ3v) is 6.24. The van der Waals surface area contributed by atoms with Crippen LogP contribution in [0.15, 0.2) is 66.2 Å². The van der Waals surface area contributed by atoms with Crippen LogP contribution in [0.3, 0.4) is 0 Å². The van der Waals surface area contributed by atoms with E-state index in [1.807, 2.05) is 52.7 Å². The van der Waals surface area contributed by atoms with Gasteiger partial charge in [-0.05, 0) is 29.6 Å². The van der Waals surface area contributed by atoms with E-state index in [0.717, 1.165) is 10.6 Å². The van der Waals surface area contributed by atoms with Gasteiger partial charge in [0.05, 0.1) is 15.5 Å². The largest absolute Gasteiger partial charge is 0.353 e. The molecule has 1 aromatic carbocycles. The van der Waals surface area contributed by atoms with E-state index in [4.69, 9.17) is 0 Å². The highest BCUT2D eigenvalue weighted by Crippen LogP contribution is 2.26. The number of thiophene rings is 1. The number of amides is 1. The number of carbonyl (C=O) groups excluding carboxylic acids is 1. The maximum absolute atomic E-state index is 13.2. The number of aromatic nitrogens is 4. The summed E-state index contributed by atoms with van der Waals surface area (Å²) in [5.41, 5.74) is 0.788. The second-order valence-corrected chi connectivity index (χ2v) is 8.34. The number of carbonyl (C=O) groups is 1. The zero-order valence-electron chi connectivity index (χ0n) is 17.4. The van der Waals surface area contributed by atoms with Gasteiger partial charge in [-0.3, -0.25) is 14.9 Å². The first-order valence-electron chi connectivity index (χ1n) is 10.3. The molecule has 166 valence electrons. The van der Waals surface area contributed by atoms with E-state index < -0.39 is 4.92 Å². The average molecular weight is 462 g/mol. The number of piperazine rings is 1. The number of hydrogen-bond donors (Lipinski definition) is 0. The minimum atomic E-state index is -0.473. The van der Waals surface area contributed by atoms with E-state index in [0.29, 0.717) is 37.8 Å². The van der Waals surface area contributed by atoms with Gasteiger partial charge in [0.25, 0.3) is 11.6 Å². The lowest BCUT2D eigenvalue weighted by molar-refractivity contribution is -0.385. The third-order valence-electron chi connectivity index (χ3n) is 5.37. The van der Waals surface area contributed by atoms with Crippen molar-refractivity contribution in [3.05, 3.63) is 82.1 Å². The van der Waals surface area contributed by atoms with E-state index in [1.54, 1.807) is 27.0 Å². The van der Waals surface area contributed by atoms with E-state index >= 15 is 0 Å². The van der Waals surface area contributed by atoms with Gasteiger partial charge < -0.3 is 9.80 Å². The van der Waals surface area contributed by atoms with Gasteiger partial charge in [-0.1, -0.05) is 24.3 Å². The van der Waals surface area contributed by atoms with Gasteiger partial charge in [-0.25, -0.2) is 14.6 Å². The lowest BCUT2D eigenvalue weighted by Crippen LogP contribution is -2.49. The molecule has 33 heavy (non-hydrogen) atoms. The van der Waals surface area contributed by atoms with Gasteiger partial charge in [-0.2, -0.15) is 0 Å². The number of nitrogens with zero attached hydrogens (tertiary/aromatic N) is 7. The molecule has 1 saturated heterocycles. The summed E-state index contributed by atoms with van der Waals surface area (Å²) in [5, 5.41) is 17.3. The molecule has 0 spiro atoms. The Kier molecular flexibility index (Phi) is 5.53. The molecule has 3 aromatic heterocycles. The summed E-state index contributed by atoms with van der Waals surface area (Å²) in [6.45, 7) is 2.08. The van der Waals surface area contributed by atoms with Gasteiger partial charge in [0.2, 0.25) is 5.82 Å². The summed E-state index contributed by atoms with van der Waals surface area (Å²) in [5.74, 6) is 1.22. The Bertz CT molecular complexity index is 1270. The van der Waals surface area contributed by atoms with Gasteiger partial charge >= 0.3 is 0 Å². The normalized spacial score (nSPS) is 13.8. The van der Waals surface area contributed by atoms with Crippen molar-refractivity contribution in [1.82, 2.24) is 24.6 Å². The third kappa shape index (κ3) is 4.17. The van der Waals surface area contributed by atoms with Crippen LogP contribution in [-0.4, -0.2) is 61.7 Å². The molecule has 4 aromatic rings. The number of nitro groups is 1. The second-order valence-electron chi connectivity index (χ2n) is 7.39. The topological polar surface area (TPSA) is 110 Å². The van der Waals surface area contributed by atoms with Crippen molar-refractivity contribution in [1.29, 1.82) is 0 Å². The highest BCUT2D eigenvalue weighted by molar-refractivity contribution is 7.13. The summed E-state index contributed by atoms with van der Waals surface area (Å²) in [4.78, 5) is 37.0. The van der Waals surface area contributed by atoms with Crippen LogP contribution in [-0.2, 0) is 0 Å².